The van der Waals surface area contributed by atoms with E-state index in [0.29, 0.717) is 21.7 Å². The molecule has 0 amide bonds. The number of hydrogen-bond acceptors (Lipinski definition) is 3. The average molecular weight is 341 g/mol. The molecule has 0 aliphatic rings. The highest BCUT2D eigenvalue weighted by atomic mass is 35.5. The van der Waals surface area contributed by atoms with Gasteiger partial charge in [0.1, 0.15) is 5.41 Å². The molecule has 1 rings (SSSR count). The Bertz CT molecular complexity index is 491. The maximum Gasteiger partial charge on any atom is 0.317 e. The Kier molecular flexibility index (Phi) is 5.99. The fraction of sp³-hybridized carbons (Fsp3) is 0.500. The van der Waals surface area contributed by atoms with Crippen molar-refractivity contribution in [3.05, 3.63) is 29.3 Å². The number of thioether (sulfide) groups is 1. The van der Waals surface area contributed by atoms with Crippen LogP contribution < -0.4 is 0 Å². The van der Waals surface area contributed by atoms with E-state index in [1.165, 1.54) is 31.2 Å². The summed E-state index contributed by atoms with van der Waals surface area (Å²) in [5.41, 5.74) is -4.85. The average Bonchev–Trinajstić information content (AvgIpc) is 2.41. The van der Waals surface area contributed by atoms with Crippen molar-refractivity contribution in [1.82, 2.24) is 0 Å². The van der Waals surface area contributed by atoms with Crippen molar-refractivity contribution in [3.8, 4) is 0 Å². The molecule has 0 aromatic heterocycles. The Morgan fingerprint density at radius 1 is 1.33 bits per heavy atom. The van der Waals surface area contributed by atoms with Gasteiger partial charge in [0.15, 0.2) is 0 Å². The van der Waals surface area contributed by atoms with E-state index in [1.807, 2.05) is 0 Å². The van der Waals surface area contributed by atoms with E-state index in [9.17, 15) is 18.0 Å². The van der Waals surface area contributed by atoms with Crippen LogP contribution in [0.5, 0.6) is 0 Å². The van der Waals surface area contributed by atoms with Gasteiger partial charge in [-0.05, 0) is 45.0 Å². The van der Waals surface area contributed by atoms with Crippen molar-refractivity contribution in [1.29, 1.82) is 0 Å². The van der Waals surface area contributed by atoms with Crippen LogP contribution >= 0.6 is 23.4 Å². The molecule has 0 aliphatic carbocycles. The zero-order valence-electron chi connectivity index (χ0n) is 11.8. The van der Waals surface area contributed by atoms with Crippen molar-refractivity contribution < 1.29 is 22.7 Å². The van der Waals surface area contributed by atoms with Crippen LogP contribution in [0.1, 0.15) is 20.8 Å². The van der Waals surface area contributed by atoms with Crippen LogP contribution in [0.15, 0.2) is 29.2 Å². The lowest BCUT2D eigenvalue weighted by Gasteiger charge is -2.33. The Hall–Kier alpha value is -0.880. The number of carbonyl (C=O) groups excluding carboxylic acids is 1. The fourth-order valence-corrected chi connectivity index (χ4v) is 2.54. The van der Waals surface area contributed by atoms with Gasteiger partial charge in [-0.25, -0.2) is 13.2 Å². The van der Waals surface area contributed by atoms with Gasteiger partial charge in [0.25, 0.3) is 0 Å². The minimum Gasteiger partial charge on any atom is -0.465 e. The summed E-state index contributed by atoms with van der Waals surface area (Å²) < 4.78 is 47.1. The van der Waals surface area contributed by atoms with Crippen LogP contribution in [0.4, 0.5) is 13.2 Å². The molecule has 0 radical (unpaired) electrons. The van der Waals surface area contributed by atoms with Crippen LogP contribution in [-0.4, -0.2) is 24.0 Å². The number of alkyl halides is 3. The molecule has 1 unspecified atom stereocenters. The van der Waals surface area contributed by atoms with E-state index >= 15 is 0 Å². The molecule has 0 aliphatic heterocycles. The van der Waals surface area contributed by atoms with Crippen molar-refractivity contribution >= 4 is 29.3 Å². The number of rotatable bonds is 6. The Morgan fingerprint density at radius 2 is 1.86 bits per heavy atom. The van der Waals surface area contributed by atoms with Gasteiger partial charge in [-0.15, -0.1) is 0 Å². The second kappa shape index (κ2) is 6.92. The molecule has 0 saturated heterocycles. The van der Waals surface area contributed by atoms with Gasteiger partial charge in [-0.1, -0.05) is 23.4 Å². The molecule has 1 aromatic carbocycles. The largest absolute Gasteiger partial charge is 0.465 e. The van der Waals surface area contributed by atoms with Gasteiger partial charge in [-0.2, -0.15) is 0 Å². The van der Waals surface area contributed by atoms with E-state index in [4.69, 9.17) is 11.6 Å². The van der Waals surface area contributed by atoms with E-state index < -0.39 is 22.8 Å². The van der Waals surface area contributed by atoms with Crippen molar-refractivity contribution in [2.45, 2.75) is 37.1 Å². The monoisotopic (exact) mass is 340 g/mol. The maximum absolute atomic E-state index is 14.2. The first-order valence-corrected chi connectivity index (χ1v) is 7.50. The molecule has 0 spiro atoms. The lowest BCUT2D eigenvalue weighted by atomic mass is 9.86. The Labute approximate surface area is 131 Å². The molecule has 2 nitrogen and oxygen atoms in total. The SMILES string of the molecule is CCOC(=O)C(C)(C)C(F)(F)C(F)Sc1ccc(Cl)cc1. The summed E-state index contributed by atoms with van der Waals surface area (Å²) in [6.45, 7) is 3.40. The molecule has 0 bridgehead atoms. The van der Waals surface area contributed by atoms with Gasteiger partial charge in [0, 0.05) is 9.92 Å². The molecule has 0 saturated carbocycles. The maximum atomic E-state index is 14.2. The molecule has 0 fully saturated rings. The second-order valence-electron chi connectivity index (χ2n) is 4.86. The second-order valence-corrected chi connectivity index (χ2v) is 6.41. The summed E-state index contributed by atoms with van der Waals surface area (Å²) in [6, 6.07) is 5.83. The van der Waals surface area contributed by atoms with Gasteiger partial charge < -0.3 is 4.74 Å². The molecule has 1 aromatic rings. The highest BCUT2D eigenvalue weighted by Crippen LogP contribution is 2.46. The van der Waals surface area contributed by atoms with Gasteiger partial charge in [-0.3, -0.25) is 4.79 Å². The number of ether oxygens (including phenoxy) is 1. The predicted molar refractivity (Wildman–Crippen MR) is 77.6 cm³/mol. The minimum absolute atomic E-state index is 0.0420. The van der Waals surface area contributed by atoms with Crippen LogP contribution in [0, 0.1) is 5.41 Å². The number of hydrogen-bond donors (Lipinski definition) is 0. The molecule has 21 heavy (non-hydrogen) atoms. The summed E-state index contributed by atoms with van der Waals surface area (Å²) in [7, 11) is 0. The van der Waals surface area contributed by atoms with Gasteiger partial charge >= 0.3 is 11.9 Å². The zero-order valence-corrected chi connectivity index (χ0v) is 13.4. The van der Waals surface area contributed by atoms with Crippen molar-refractivity contribution in [2.75, 3.05) is 6.61 Å². The van der Waals surface area contributed by atoms with Crippen molar-refractivity contribution in [3.63, 3.8) is 0 Å². The molecular weight excluding hydrogens is 325 g/mol. The third kappa shape index (κ3) is 4.07. The van der Waals surface area contributed by atoms with Crippen molar-refractivity contribution in [2.24, 2.45) is 5.41 Å². The first-order chi connectivity index (χ1) is 9.62. The fourth-order valence-electron chi connectivity index (χ4n) is 1.44. The molecule has 0 N–H and O–H groups in total. The van der Waals surface area contributed by atoms with E-state index in [1.54, 1.807) is 0 Å². The van der Waals surface area contributed by atoms with Crippen LogP contribution in [0.3, 0.4) is 0 Å². The number of benzene rings is 1. The third-order valence-corrected chi connectivity index (χ3v) is 4.26. The lowest BCUT2D eigenvalue weighted by molar-refractivity contribution is -0.185. The third-order valence-electron chi connectivity index (χ3n) is 2.96. The summed E-state index contributed by atoms with van der Waals surface area (Å²) in [6.07, 6.45) is 0. The summed E-state index contributed by atoms with van der Waals surface area (Å²) in [4.78, 5) is 11.9. The summed E-state index contributed by atoms with van der Waals surface area (Å²) in [5.74, 6) is -5.02. The van der Waals surface area contributed by atoms with Crippen LogP contribution in [0.25, 0.3) is 0 Å². The first kappa shape index (κ1) is 18.2. The number of esters is 1. The topological polar surface area (TPSA) is 26.3 Å². The smallest absolute Gasteiger partial charge is 0.317 e. The lowest BCUT2D eigenvalue weighted by Crippen LogP contribution is -2.49. The molecule has 0 heterocycles. The van der Waals surface area contributed by atoms with Crippen LogP contribution in [0.2, 0.25) is 5.02 Å². The summed E-state index contributed by atoms with van der Waals surface area (Å²) >= 11 is 6.01. The van der Waals surface area contributed by atoms with E-state index in [2.05, 4.69) is 4.74 Å². The normalized spacial score (nSPS) is 13.9. The standard InChI is InChI=1S/C14H16ClF3O2S/c1-4-20-12(19)13(2,3)14(17,18)11(16)21-10-7-5-9(15)6-8-10/h5-8,11H,4H2,1-3H3. The van der Waals surface area contributed by atoms with E-state index in [0.717, 1.165) is 13.8 Å². The number of halogens is 4. The molecule has 118 valence electrons. The Balaban J connectivity index is 2.89. The van der Waals surface area contributed by atoms with E-state index in [-0.39, 0.29) is 6.61 Å². The zero-order chi connectivity index (χ0) is 16.3. The molecule has 7 heteroatoms. The first-order valence-electron chi connectivity index (χ1n) is 6.24. The predicted octanol–water partition coefficient (Wildman–Crippen LogP) is 4.95. The van der Waals surface area contributed by atoms with Crippen LogP contribution in [-0.2, 0) is 9.53 Å². The highest BCUT2D eigenvalue weighted by Gasteiger charge is 2.59. The number of carbonyl (C=O) groups is 1. The quantitative estimate of drug-likeness (QED) is 0.541. The van der Waals surface area contributed by atoms with Gasteiger partial charge in [0.2, 0.25) is 5.50 Å². The van der Waals surface area contributed by atoms with Gasteiger partial charge in [0.05, 0.1) is 6.61 Å². The molecule has 1 atom stereocenters. The minimum atomic E-state index is -3.89. The summed E-state index contributed by atoms with van der Waals surface area (Å²) in [5, 5.41) is 0.424. The Morgan fingerprint density at radius 3 is 2.33 bits per heavy atom. The molecular formula is C14H16ClF3O2S. The highest BCUT2D eigenvalue weighted by molar-refractivity contribution is 7.99.